The summed E-state index contributed by atoms with van der Waals surface area (Å²) in [5.74, 6) is 1.44. The van der Waals surface area contributed by atoms with Gasteiger partial charge in [0.1, 0.15) is 5.76 Å². The monoisotopic (exact) mass is 909 g/mol. The smallest absolute Gasteiger partial charge is 0.297 e. The summed E-state index contributed by atoms with van der Waals surface area (Å²) < 4.78 is 7.58. The second-order valence-corrected chi connectivity index (χ2v) is 25.7. The highest BCUT2D eigenvalue weighted by atomic mass is 16.3. The maximum atomic E-state index is 7.58. The topological polar surface area (TPSA) is 19.6 Å². The number of hydrogen-bond acceptors (Lipinski definition) is 3. The minimum Gasteiger partial charge on any atom is -0.472 e. The summed E-state index contributed by atoms with van der Waals surface area (Å²) in [6, 6.07) is 42.3. The van der Waals surface area contributed by atoms with Gasteiger partial charge in [-0.25, -0.2) is 0 Å². The first kappa shape index (κ1) is 45.7. The van der Waals surface area contributed by atoms with Crippen molar-refractivity contribution in [1.29, 1.82) is 0 Å². The van der Waals surface area contributed by atoms with Crippen molar-refractivity contribution in [2.24, 2.45) is 16.7 Å². The molecule has 3 nitrogen and oxygen atoms in total. The molecule has 11 rings (SSSR count). The zero-order valence-electron chi connectivity index (χ0n) is 44.0. The molecule has 5 aliphatic rings. The Labute approximate surface area is 414 Å². The summed E-state index contributed by atoms with van der Waals surface area (Å²) in [7, 11) is 0. The van der Waals surface area contributed by atoms with Crippen molar-refractivity contribution in [1.82, 2.24) is 0 Å². The highest BCUT2D eigenvalue weighted by Crippen LogP contribution is 2.55. The fourth-order valence-electron chi connectivity index (χ4n) is 12.5. The quantitative estimate of drug-likeness (QED) is 0.164. The molecule has 3 heterocycles. The van der Waals surface area contributed by atoms with Crippen molar-refractivity contribution >= 4 is 69.0 Å². The first-order chi connectivity index (χ1) is 32.5. The van der Waals surface area contributed by atoms with Gasteiger partial charge in [-0.3, -0.25) is 0 Å². The summed E-state index contributed by atoms with van der Waals surface area (Å²) in [4.78, 5) is 5.35. The van der Waals surface area contributed by atoms with Crippen LogP contribution in [0.1, 0.15) is 160 Å². The third kappa shape index (κ3) is 7.45. The lowest BCUT2D eigenvalue weighted by Crippen LogP contribution is -2.62. The molecule has 5 aromatic carbocycles. The molecule has 352 valence electrons. The van der Waals surface area contributed by atoms with Gasteiger partial charge in [-0.2, -0.15) is 0 Å². The SMILES string of the molecule is Cc1cc2c3c(c1)N(c1ccc(C(C)(C)C)cc1)c1c(oc4c1C=C(C(C)(C)C)CC4)B3c1cc3c(cc1N2C1=C(c2ccccc2)CC(C(C)(C)C)C=C1c1ccccc1)C(C)(C)CCC3(C)C. The molecule has 0 N–H and O–H groups in total. The molecule has 0 saturated carbocycles. The van der Waals surface area contributed by atoms with Gasteiger partial charge >= 0.3 is 0 Å². The normalized spacial score (nSPS) is 19.3. The van der Waals surface area contributed by atoms with E-state index in [1.807, 2.05) is 0 Å². The average molecular weight is 909 g/mol. The van der Waals surface area contributed by atoms with Crippen LogP contribution < -0.4 is 26.4 Å². The van der Waals surface area contributed by atoms with E-state index in [0.29, 0.717) is 5.92 Å². The Kier molecular flexibility index (Phi) is 10.4. The average Bonchev–Trinajstić information content (AvgIpc) is 3.68. The van der Waals surface area contributed by atoms with Crippen LogP contribution in [0.2, 0.25) is 0 Å². The summed E-state index contributed by atoms with van der Waals surface area (Å²) >= 11 is 0. The summed E-state index contributed by atoms with van der Waals surface area (Å²) in [5.41, 5.74) is 24.8. The summed E-state index contributed by atoms with van der Waals surface area (Å²) in [6.07, 6.45) is 10.3. The molecule has 0 saturated heterocycles. The lowest BCUT2D eigenvalue weighted by molar-refractivity contribution is 0.297. The van der Waals surface area contributed by atoms with Gasteiger partial charge in [-0.15, -0.1) is 0 Å². The molecular weight excluding hydrogens is 836 g/mol. The molecule has 69 heavy (non-hydrogen) atoms. The van der Waals surface area contributed by atoms with E-state index in [4.69, 9.17) is 4.42 Å². The summed E-state index contributed by atoms with van der Waals surface area (Å²) in [5, 5.41) is 0. The van der Waals surface area contributed by atoms with Crippen LogP contribution in [0.15, 0.2) is 131 Å². The van der Waals surface area contributed by atoms with E-state index in [2.05, 4.69) is 228 Å². The molecule has 0 spiro atoms. The predicted octanol–water partition coefficient (Wildman–Crippen LogP) is 15.9. The second kappa shape index (κ2) is 15.6. The number of aryl methyl sites for hydroxylation is 2. The van der Waals surface area contributed by atoms with Gasteiger partial charge in [-0.05, 0) is 152 Å². The third-order valence-corrected chi connectivity index (χ3v) is 16.9. The van der Waals surface area contributed by atoms with E-state index in [-0.39, 0.29) is 33.8 Å². The van der Waals surface area contributed by atoms with Crippen LogP contribution in [0.4, 0.5) is 28.4 Å². The van der Waals surface area contributed by atoms with Crippen molar-refractivity contribution in [2.75, 3.05) is 9.80 Å². The maximum absolute atomic E-state index is 7.58. The maximum Gasteiger partial charge on any atom is 0.297 e. The largest absolute Gasteiger partial charge is 0.472 e. The minimum atomic E-state index is -0.110. The summed E-state index contributed by atoms with van der Waals surface area (Å²) in [6.45, 7) is 33.4. The first-order valence-corrected chi connectivity index (χ1v) is 26.0. The predicted molar refractivity (Wildman–Crippen MR) is 296 cm³/mol. The fraction of sp³-hybridized carbons (Fsp3) is 0.385. The van der Waals surface area contributed by atoms with Crippen molar-refractivity contribution in [3.05, 3.63) is 171 Å². The standard InChI is InChI=1S/C65H73BN2O/c1-40-33-54-57-55(34-40)68(58-47(41-21-17-15-18-22-41)36-45(63(8,9)10)37-48(58)42-23-19-16-20-24-42)53-39-51-50(64(11,12)31-32-65(51,13)14)38-52(53)66(57)60-59(49-35-44(62(5,6)7)27-30-56(49)69-60)67(54)46-28-25-43(26-29-46)61(2,3)4/h15-26,28-29,33-36,38-39,45H,27,30-32,37H2,1-14H3. The van der Waals surface area contributed by atoms with Crippen molar-refractivity contribution in [3.63, 3.8) is 0 Å². The van der Waals surface area contributed by atoms with E-state index in [1.54, 1.807) is 0 Å². The number of hydrogen-bond donors (Lipinski definition) is 0. The molecule has 0 fully saturated rings. The zero-order chi connectivity index (χ0) is 48.7. The van der Waals surface area contributed by atoms with E-state index >= 15 is 0 Å². The number of anilines is 5. The molecule has 4 heteroatoms. The number of benzene rings is 5. The molecule has 1 unspecified atom stereocenters. The van der Waals surface area contributed by atoms with Gasteiger partial charge < -0.3 is 14.2 Å². The van der Waals surface area contributed by atoms with Crippen molar-refractivity contribution in [3.8, 4) is 0 Å². The third-order valence-electron chi connectivity index (χ3n) is 16.9. The Balaban J connectivity index is 1.29. The molecule has 0 bridgehead atoms. The van der Waals surface area contributed by atoms with Gasteiger partial charge in [-0.1, -0.05) is 181 Å². The van der Waals surface area contributed by atoms with Crippen LogP contribution in [0.25, 0.3) is 17.2 Å². The molecule has 1 atom stereocenters. The molecule has 3 aliphatic carbocycles. The zero-order valence-corrected chi connectivity index (χ0v) is 44.0. The van der Waals surface area contributed by atoms with Gasteiger partial charge in [0, 0.05) is 40.3 Å². The van der Waals surface area contributed by atoms with E-state index < -0.39 is 0 Å². The molecule has 2 aliphatic heterocycles. The van der Waals surface area contributed by atoms with Crippen molar-refractivity contribution < 1.29 is 4.42 Å². The van der Waals surface area contributed by atoms with Gasteiger partial charge in [0.05, 0.1) is 17.0 Å². The van der Waals surface area contributed by atoms with Gasteiger partial charge in [0.25, 0.3) is 6.71 Å². The van der Waals surface area contributed by atoms with E-state index in [9.17, 15) is 0 Å². The van der Waals surface area contributed by atoms with E-state index in [0.717, 1.165) is 43.5 Å². The Hall–Kier alpha value is -5.74. The lowest BCUT2D eigenvalue weighted by atomic mass is 9.35. The van der Waals surface area contributed by atoms with E-state index in [1.165, 1.54) is 101 Å². The van der Waals surface area contributed by atoms with Crippen LogP contribution in [-0.4, -0.2) is 6.71 Å². The van der Waals surface area contributed by atoms with Crippen LogP contribution in [0.3, 0.4) is 0 Å². The van der Waals surface area contributed by atoms with Gasteiger partial charge in [0.15, 0.2) is 0 Å². The minimum absolute atomic E-state index is 0.00783. The molecule has 6 aromatic rings. The van der Waals surface area contributed by atoms with Crippen LogP contribution >= 0.6 is 0 Å². The van der Waals surface area contributed by atoms with Gasteiger partial charge in [0.2, 0.25) is 0 Å². The Bertz CT molecular complexity index is 3140. The molecular formula is C65H73BN2O. The van der Waals surface area contributed by atoms with Crippen LogP contribution in [0.5, 0.6) is 0 Å². The highest BCUT2D eigenvalue weighted by molar-refractivity contribution is 6.99. The van der Waals surface area contributed by atoms with Crippen LogP contribution in [-0.2, 0) is 22.7 Å². The van der Waals surface area contributed by atoms with Crippen molar-refractivity contribution in [2.45, 2.75) is 145 Å². The molecule has 0 amide bonds. The Morgan fingerprint density at radius 3 is 1.83 bits per heavy atom. The number of furan rings is 1. The number of rotatable bonds is 4. The Morgan fingerprint density at radius 1 is 0.638 bits per heavy atom. The fourth-order valence-corrected chi connectivity index (χ4v) is 12.5. The second-order valence-electron chi connectivity index (χ2n) is 25.7. The molecule has 1 aromatic heterocycles. The number of fused-ring (bicyclic) bond motifs is 7. The number of nitrogens with zero attached hydrogens (tertiary/aromatic N) is 2. The Morgan fingerprint density at radius 2 is 1.23 bits per heavy atom. The molecule has 0 radical (unpaired) electrons. The lowest BCUT2D eigenvalue weighted by Gasteiger charge is -2.48. The van der Waals surface area contributed by atoms with Crippen LogP contribution in [0, 0.1) is 23.7 Å². The number of allylic oxidation sites excluding steroid dienone is 4. The highest BCUT2D eigenvalue weighted by Gasteiger charge is 2.51. The first-order valence-electron chi connectivity index (χ1n) is 26.0.